The lowest BCUT2D eigenvalue weighted by Crippen LogP contribution is -2.48. The highest BCUT2D eigenvalue weighted by molar-refractivity contribution is 5.79. The number of carbonyl (C=O) groups is 1. The van der Waals surface area contributed by atoms with Gasteiger partial charge in [-0.15, -0.1) is 10.2 Å². The van der Waals surface area contributed by atoms with Crippen molar-refractivity contribution in [3.8, 4) is 5.82 Å². The molecule has 0 N–H and O–H groups in total. The van der Waals surface area contributed by atoms with E-state index >= 15 is 0 Å². The van der Waals surface area contributed by atoms with E-state index in [1.807, 2.05) is 17.0 Å². The van der Waals surface area contributed by atoms with Crippen LogP contribution in [0, 0.1) is 5.92 Å². The molecule has 1 atom stereocenters. The van der Waals surface area contributed by atoms with Gasteiger partial charge in [-0.3, -0.25) is 4.79 Å². The number of amides is 1. The van der Waals surface area contributed by atoms with E-state index in [0.29, 0.717) is 38.7 Å². The molecule has 2 aromatic heterocycles. The predicted octanol–water partition coefficient (Wildman–Crippen LogP) is 0.133. The summed E-state index contributed by atoms with van der Waals surface area (Å²) in [6.45, 7) is 4.25. The van der Waals surface area contributed by atoms with Crippen LogP contribution in [0.1, 0.15) is 12.8 Å². The lowest BCUT2D eigenvalue weighted by molar-refractivity contribution is -0.139. The van der Waals surface area contributed by atoms with Crippen LogP contribution in [0.2, 0.25) is 0 Å². The Morgan fingerprint density at radius 1 is 1.12 bits per heavy atom. The number of morpholine rings is 1. The molecule has 9 heteroatoms. The Kier molecular flexibility index (Phi) is 4.55. The van der Waals surface area contributed by atoms with Crippen molar-refractivity contribution < 1.29 is 9.53 Å². The van der Waals surface area contributed by atoms with E-state index in [0.717, 1.165) is 25.2 Å². The van der Waals surface area contributed by atoms with E-state index in [1.165, 1.54) is 6.33 Å². The van der Waals surface area contributed by atoms with Gasteiger partial charge in [-0.25, -0.2) is 9.67 Å². The second-order valence-electron chi connectivity index (χ2n) is 6.31. The molecule has 0 radical (unpaired) electrons. The molecule has 0 aliphatic carbocycles. The number of aromatic nitrogens is 5. The Labute approximate surface area is 145 Å². The third kappa shape index (κ3) is 3.46. The summed E-state index contributed by atoms with van der Waals surface area (Å²) >= 11 is 0. The minimum absolute atomic E-state index is 0.0173. The van der Waals surface area contributed by atoms with Crippen LogP contribution in [0.4, 0.5) is 5.82 Å². The zero-order valence-electron chi connectivity index (χ0n) is 14.0. The van der Waals surface area contributed by atoms with Crippen LogP contribution in [-0.4, -0.2) is 75.2 Å². The van der Waals surface area contributed by atoms with Crippen LogP contribution in [-0.2, 0) is 9.53 Å². The van der Waals surface area contributed by atoms with Gasteiger partial charge in [0, 0.05) is 26.2 Å². The Hall–Kier alpha value is -2.55. The number of anilines is 1. The first-order chi connectivity index (χ1) is 12.3. The summed E-state index contributed by atoms with van der Waals surface area (Å²) in [7, 11) is 0. The standard InChI is InChI=1S/C16H21N7O2/c24-16(21-6-8-25-9-7-21)13-2-1-5-22(10-13)14-3-4-15(20-19-14)23-12-17-11-18-23/h3-4,11-13H,1-2,5-10H2. The summed E-state index contributed by atoms with van der Waals surface area (Å²) in [5.74, 6) is 1.67. The molecule has 4 rings (SSSR count). The van der Waals surface area contributed by atoms with Gasteiger partial charge >= 0.3 is 0 Å². The normalized spacial score (nSPS) is 21.4. The highest BCUT2D eigenvalue weighted by Crippen LogP contribution is 2.23. The smallest absolute Gasteiger partial charge is 0.227 e. The largest absolute Gasteiger partial charge is 0.378 e. The van der Waals surface area contributed by atoms with Crippen LogP contribution in [0.3, 0.4) is 0 Å². The van der Waals surface area contributed by atoms with Gasteiger partial charge in [-0.2, -0.15) is 5.10 Å². The van der Waals surface area contributed by atoms with Crippen molar-refractivity contribution in [1.29, 1.82) is 0 Å². The fraction of sp³-hybridized carbons (Fsp3) is 0.562. The average Bonchev–Trinajstić information content (AvgIpc) is 3.23. The Balaban J connectivity index is 1.43. The molecular formula is C16H21N7O2. The summed E-state index contributed by atoms with van der Waals surface area (Å²) in [5, 5.41) is 12.6. The van der Waals surface area contributed by atoms with Gasteiger partial charge in [-0.05, 0) is 25.0 Å². The van der Waals surface area contributed by atoms with Crippen molar-refractivity contribution in [2.45, 2.75) is 12.8 Å². The van der Waals surface area contributed by atoms with Gasteiger partial charge in [0.05, 0.1) is 19.1 Å². The summed E-state index contributed by atoms with van der Waals surface area (Å²) < 4.78 is 6.90. The fourth-order valence-corrected chi connectivity index (χ4v) is 3.36. The quantitative estimate of drug-likeness (QED) is 0.783. The first-order valence-electron chi connectivity index (χ1n) is 8.61. The lowest BCUT2D eigenvalue weighted by Gasteiger charge is -2.36. The van der Waals surface area contributed by atoms with Crippen molar-refractivity contribution in [1.82, 2.24) is 29.9 Å². The minimum atomic E-state index is 0.0173. The first-order valence-corrected chi connectivity index (χ1v) is 8.61. The van der Waals surface area contributed by atoms with Crippen LogP contribution in [0.5, 0.6) is 0 Å². The zero-order chi connectivity index (χ0) is 17.1. The third-order valence-electron chi connectivity index (χ3n) is 4.71. The monoisotopic (exact) mass is 343 g/mol. The Morgan fingerprint density at radius 3 is 2.64 bits per heavy atom. The van der Waals surface area contributed by atoms with Crippen LogP contribution in [0.25, 0.3) is 5.82 Å². The van der Waals surface area contributed by atoms with Gasteiger partial charge in [0.15, 0.2) is 11.6 Å². The summed E-state index contributed by atoms with van der Waals surface area (Å²) in [5.41, 5.74) is 0. The van der Waals surface area contributed by atoms with E-state index in [-0.39, 0.29) is 11.8 Å². The van der Waals surface area contributed by atoms with Gasteiger partial charge in [0.2, 0.25) is 5.91 Å². The molecule has 2 aliphatic rings. The highest BCUT2D eigenvalue weighted by atomic mass is 16.5. The molecule has 1 unspecified atom stereocenters. The third-order valence-corrected chi connectivity index (χ3v) is 4.71. The summed E-state index contributed by atoms with van der Waals surface area (Å²) in [4.78, 5) is 20.7. The van der Waals surface area contributed by atoms with E-state index in [2.05, 4.69) is 25.2 Å². The second-order valence-corrected chi connectivity index (χ2v) is 6.31. The molecule has 2 aliphatic heterocycles. The van der Waals surface area contributed by atoms with Gasteiger partial charge in [0.25, 0.3) is 0 Å². The summed E-state index contributed by atoms with van der Waals surface area (Å²) in [6.07, 6.45) is 4.95. The molecule has 2 aromatic rings. The molecule has 132 valence electrons. The second kappa shape index (κ2) is 7.14. The molecule has 0 bridgehead atoms. The number of carbonyl (C=O) groups excluding carboxylic acids is 1. The molecule has 0 spiro atoms. The van der Waals surface area contributed by atoms with E-state index in [1.54, 1.807) is 11.0 Å². The van der Waals surface area contributed by atoms with E-state index in [4.69, 9.17) is 4.74 Å². The molecule has 9 nitrogen and oxygen atoms in total. The molecule has 2 fully saturated rings. The SMILES string of the molecule is O=C(C1CCCN(c2ccc(-n3cncn3)nn2)C1)N1CCOCC1. The number of ether oxygens (including phenoxy) is 1. The number of rotatable bonds is 3. The Morgan fingerprint density at radius 2 is 1.92 bits per heavy atom. The summed E-state index contributed by atoms with van der Waals surface area (Å²) in [6, 6.07) is 3.79. The van der Waals surface area contributed by atoms with Crippen molar-refractivity contribution in [3.63, 3.8) is 0 Å². The molecular weight excluding hydrogens is 322 g/mol. The molecule has 1 amide bonds. The molecule has 0 saturated carbocycles. The molecule has 0 aromatic carbocycles. The zero-order valence-corrected chi connectivity index (χ0v) is 14.0. The van der Waals surface area contributed by atoms with E-state index < -0.39 is 0 Å². The number of hydrogen-bond donors (Lipinski definition) is 0. The average molecular weight is 343 g/mol. The predicted molar refractivity (Wildman–Crippen MR) is 89.3 cm³/mol. The molecule has 25 heavy (non-hydrogen) atoms. The minimum Gasteiger partial charge on any atom is -0.378 e. The van der Waals surface area contributed by atoms with E-state index in [9.17, 15) is 4.79 Å². The molecule has 4 heterocycles. The number of nitrogens with zero attached hydrogens (tertiary/aromatic N) is 7. The number of hydrogen-bond acceptors (Lipinski definition) is 7. The van der Waals surface area contributed by atoms with Crippen LogP contribution in [0.15, 0.2) is 24.8 Å². The van der Waals surface area contributed by atoms with Crippen LogP contribution >= 0.6 is 0 Å². The maximum Gasteiger partial charge on any atom is 0.227 e. The van der Waals surface area contributed by atoms with Gasteiger partial charge < -0.3 is 14.5 Å². The lowest BCUT2D eigenvalue weighted by atomic mass is 9.96. The number of piperidine rings is 1. The van der Waals surface area contributed by atoms with Crippen molar-refractivity contribution in [2.24, 2.45) is 5.92 Å². The maximum absolute atomic E-state index is 12.7. The van der Waals surface area contributed by atoms with Gasteiger partial charge in [0.1, 0.15) is 12.7 Å². The van der Waals surface area contributed by atoms with Crippen molar-refractivity contribution >= 4 is 11.7 Å². The van der Waals surface area contributed by atoms with Crippen LogP contribution < -0.4 is 4.90 Å². The van der Waals surface area contributed by atoms with Gasteiger partial charge in [-0.1, -0.05) is 0 Å². The maximum atomic E-state index is 12.7. The Bertz CT molecular complexity index is 698. The van der Waals surface area contributed by atoms with Crippen molar-refractivity contribution in [2.75, 3.05) is 44.3 Å². The first kappa shape index (κ1) is 15.9. The molecule has 2 saturated heterocycles. The fourth-order valence-electron chi connectivity index (χ4n) is 3.36. The topological polar surface area (TPSA) is 89.3 Å². The van der Waals surface area contributed by atoms with Crippen molar-refractivity contribution in [3.05, 3.63) is 24.8 Å². The highest BCUT2D eigenvalue weighted by Gasteiger charge is 2.30.